The van der Waals surface area contributed by atoms with Crippen LogP contribution in [0.2, 0.25) is 0 Å². The van der Waals surface area contributed by atoms with Gasteiger partial charge in [-0.1, -0.05) is 12.1 Å². The molecule has 2 N–H and O–H groups in total. The predicted molar refractivity (Wildman–Crippen MR) is 80.1 cm³/mol. The summed E-state index contributed by atoms with van der Waals surface area (Å²) in [4.78, 5) is 0. The Morgan fingerprint density at radius 1 is 1.10 bits per heavy atom. The number of hydrogen-bond acceptors (Lipinski definition) is 4. The number of rotatable bonds is 2. The molecule has 1 aromatic carbocycles. The Balaban J connectivity index is 1.90. The summed E-state index contributed by atoms with van der Waals surface area (Å²) in [5, 5.41) is 0. The standard InChI is InChI=1S/C15H22BNO3/c1-14(2)15(3,4)20-16(19-14)12-7-10(5-6-13(12)17)11-8-18-9-11/h5-7,11H,8-9,17H2,1-4H3. The minimum absolute atomic E-state index is 0.348. The molecular formula is C15H22BNO3. The molecule has 2 aliphatic rings. The van der Waals surface area contributed by atoms with Crippen LogP contribution < -0.4 is 11.2 Å². The maximum Gasteiger partial charge on any atom is 0.496 e. The predicted octanol–water partition coefficient (Wildman–Crippen LogP) is 1.68. The number of anilines is 1. The van der Waals surface area contributed by atoms with Crippen LogP contribution in [-0.2, 0) is 14.0 Å². The fourth-order valence-electron chi connectivity index (χ4n) is 2.45. The van der Waals surface area contributed by atoms with Crippen LogP contribution in [0.3, 0.4) is 0 Å². The van der Waals surface area contributed by atoms with E-state index in [0.29, 0.717) is 11.6 Å². The normalized spacial score (nSPS) is 24.7. The summed E-state index contributed by atoms with van der Waals surface area (Å²) in [7, 11) is -0.402. The van der Waals surface area contributed by atoms with Crippen molar-refractivity contribution in [2.24, 2.45) is 0 Å². The molecule has 2 heterocycles. The second-order valence-electron chi connectivity index (χ2n) is 6.71. The minimum Gasteiger partial charge on any atom is -0.399 e. The lowest BCUT2D eigenvalue weighted by Gasteiger charge is -2.32. The molecule has 0 amide bonds. The van der Waals surface area contributed by atoms with E-state index in [2.05, 4.69) is 12.1 Å². The third-order valence-corrected chi connectivity index (χ3v) is 4.73. The Labute approximate surface area is 120 Å². The van der Waals surface area contributed by atoms with Crippen molar-refractivity contribution in [1.82, 2.24) is 0 Å². The first kappa shape index (κ1) is 13.9. The van der Waals surface area contributed by atoms with E-state index < -0.39 is 7.12 Å². The Morgan fingerprint density at radius 2 is 1.70 bits per heavy atom. The van der Waals surface area contributed by atoms with Gasteiger partial charge in [-0.25, -0.2) is 0 Å². The molecule has 2 aliphatic heterocycles. The highest BCUT2D eigenvalue weighted by Crippen LogP contribution is 2.37. The quantitative estimate of drug-likeness (QED) is 0.659. The van der Waals surface area contributed by atoms with Crippen molar-refractivity contribution in [2.75, 3.05) is 18.9 Å². The van der Waals surface area contributed by atoms with Crippen LogP contribution >= 0.6 is 0 Å². The van der Waals surface area contributed by atoms with Gasteiger partial charge in [0.2, 0.25) is 0 Å². The van der Waals surface area contributed by atoms with Crippen LogP contribution in [0.15, 0.2) is 18.2 Å². The third kappa shape index (κ3) is 2.14. The van der Waals surface area contributed by atoms with E-state index in [-0.39, 0.29) is 11.2 Å². The lowest BCUT2D eigenvalue weighted by Crippen LogP contribution is -2.41. The molecule has 0 unspecified atom stereocenters. The average Bonchev–Trinajstić information content (AvgIpc) is 2.48. The van der Waals surface area contributed by atoms with Crippen LogP contribution in [0.5, 0.6) is 0 Å². The van der Waals surface area contributed by atoms with Gasteiger partial charge in [0, 0.05) is 17.1 Å². The number of benzene rings is 1. The van der Waals surface area contributed by atoms with Crippen molar-refractivity contribution in [2.45, 2.75) is 44.8 Å². The van der Waals surface area contributed by atoms with Crippen LogP contribution in [0.4, 0.5) is 5.69 Å². The van der Waals surface area contributed by atoms with Crippen molar-refractivity contribution >= 4 is 18.3 Å². The summed E-state index contributed by atoms with van der Waals surface area (Å²) in [6.07, 6.45) is 0. The number of ether oxygens (including phenoxy) is 1. The molecule has 0 bridgehead atoms. The molecule has 1 aromatic rings. The molecule has 0 spiro atoms. The molecule has 5 heteroatoms. The lowest BCUT2D eigenvalue weighted by atomic mass is 9.76. The van der Waals surface area contributed by atoms with Crippen molar-refractivity contribution in [3.05, 3.63) is 23.8 Å². The molecular weight excluding hydrogens is 253 g/mol. The van der Waals surface area contributed by atoms with Crippen molar-refractivity contribution in [1.29, 1.82) is 0 Å². The highest BCUT2D eigenvalue weighted by Gasteiger charge is 2.52. The first-order chi connectivity index (χ1) is 9.30. The molecule has 2 saturated heterocycles. The van der Waals surface area contributed by atoms with Crippen LogP contribution in [0.25, 0.3) is 0 Å². The topological polar surface area (TPSA) is 53.7 Å². The molecule has 0 saturated carbocycles. The number of nitrogen functional groups attached to an aromatic ring is 1. The molecule has 20 heavy (non-hydrogen) atoms. The van der Waals surface area contributed by atoms with Gasteiger partial charge in [0.05, 0.1) is 24.4 Å². The molecule has 2 fully saturated rings. The van der Waals surface area contributed by atoms with Gasteiger partial charge >= 0.3 is 7.12 Å². The Hall–Kier alpha value is -1.04. The molecule has 0 aliphatic carbocycles. The van der Waals surface area contributed by atoms with Gasteiger partial charge in [-0.2, -0.15) is 0 Å². The van der Waals surface area contributed by atoms with Crippen LogP contribution in [0.1, 0.15) is 39.2 Å². The fraction of sp³-hybridized carbons (Fsp3) is 0.600. The van der Waals surface area contributed by atoms with E-state index in [1.807, 2.05) is 33.8 Å². The molecule has 0 atom stereocenters. The zero-order valence-electron chi connectivity index (χ0n) is 12.6. The van der Waals surface area contributed by atoms with Gasteiger partial charge in [-0.15, -0.1) is 0 Å². The highest BCUT2D eigenvalue weighted by atomic mass is 16.7. The van der Waals surface area contributed by atoms with Crippen molar-refractivity contribution in [3.8, 4) is 0 Å². The largest absolute Gasteiger partial charge is 0.496 e. The van der Waals surface area contributed by atoms with Crippen LogP contribution in [0, 0.1) is 0 Å². The van der Waals surface area contributed by atoms with Crippen molar-refractivity contribution in [3.63, 3.8) is 0 Å². The summed E-state index contributed by atoms with van der Waals surface area (Å²) in [6, 6.07) is 6.11. The van der Waals surface area contributed by atoms with E-state index in [1.165, 1.54) is 5.56 Å². The van der Waals surface area contributed by atoms with Gasteiger partial charge in [-0.3, -0.25) is 0 Å². The minimum atomic E-state index is -0.402. The second kappa shape index (κ2) is 4.48. The SMILES string of the molecule is CC1(C)OB(c2cc(C3COC3)ccc2N)OC1(C)C. The summed E-state index contributed by atoms with van der Waals surface area (Å²) in [6.45, 7) is 9.76. The zero-order valence-corrected chi connectivity index (χ0v) is 12.6. The summed E-state index contributed by atoms with van der Waals surface area (Å²) >= 11 is 0. The van der Waals surface area contributed by atoms with Gasteiger partial charge in [0.15, 0.2) is 0 Å². The highest BCUT2D eigenvalue weighted by molar-refractivity contribution is 6.63. The molecule has 0 radical (unpaired) electrons. The monoisotopic (exact) mass is 275 g/mol. The summed E-state index contributed by atoms with van der Waals surface area (Å²) < 4.78 is 17.4. The van der Waals surface area contributed by atoms with Gasteiger partial charge in [-0.05, 0) is 39.3 Å². The lowest BCUT2D eigenvalue weighted by molar-refractivity contribution is 0.00578. The average molecular weight is 275 g/mol. The van der Waals surface area contributed by atoms with E-state index in [1.54, 1.807) is 0 Å². The molecule has 108 valence electrons. The van der Waals surface area contributed by atoms with E-state index in [4.69, 9.17) is 19.8 Å². The van der Waals surface area contributed by atoms with Gasteiger partial charge in [0.1, 0.15) is 0 Å². The van der Waals surface area contributed by atoms with E-state index in [9.17, 15) is 0 Å². The molecule has 3 rings (SSSR count). The first-order valence-corrected chi connectivity index (χ1v) is 7.13. The Kier molecular flexibility index (Phi) is 3.12. The van der Waals surface area contributed by atoms with Gasteiger partial charge in [0.25, 0.3) is 0 Å². The van der Waals surface area contributed by atoms with Crippen molar-refractivity contribution < 1.29 is 14.0 Å². The maximum absolute atomic E-state index is 6.11. The fourth-order valence-corrected chi connectivity index (χ4v) is 2.45. The van der Waals surface area contributed by atoms with E-state index >= 15 is 0 Å². The second-order valence-corrected chi connectivity index (χ2v) is 6.71. The van der Waals surface area contributed by atoms with Crippen LogP contribution in [-0.4, -0.2) is 31.5 Å². The van der Waals surface area contributed by atoms with Gasteiger partial charge < -0.3 is 19.8 Å². The summed E-state index contributed by atoms with van der Waals surface area (Å²) in [5.41, 5.74) is 8.30. The molecule has 0 aromatic heterocycles. The smallest absolute Gasteiger partial charge is 0.399 e. The Bertz CT molecular complexity index is 510. The molecule has 4 nitrogen and oxygen atoms in total. The third-order valence-electron chi connectivity index (χ3n) is 4.73. The zero-order chi connectivity index (χ0) is 14.5. The summed E-state index contributed by atoms with van der Waals surface area (Å²) in [5.74, 6) is 0.469. The number of nitrogens with two attached hydrogens (primary N) is 1. The maximum atomic E-state index is 6.11. The van der Waals surface area contributed by atoms with E-state index in [0.717, 1.165) is 18.7 Å². The number of hydrogen-bond donors (Lipinski definition) is 1. The Morgan fingerprint density at radius 3 is 2.20 bits per heavy atom. The first-order valence-electron chi connectivity index (χ1n) is 7.13.